The van der Waals surface area contributed by atoms with Gasteiger partial charge in [-0.3, -0.25) is 4.79 Å². The SMILES string of the molecule is CCC(=O)Cc1cc(NC(=O)Nc2ccc(C)c(C)c2)ccc1C. The topological polar surface area (TPSA) is 58.2 Å². The van der Waals surface area contributed by atoms with E-state index < -0.39 is 0 Å². The molecule has 0 aliphatic rings. The van der Waals surface area contributed by atoms with Crippen molar-refractivity contribution >= 4 is 23.2 Å². The molecule has 0 fully saturated rings. The van der Waals surface area contributed by atoms with E-state index in [2.05, 4.69) is 10.6 Å². The Morgan fingerprint density at radius 1 is 0.833 bits per heavy atom. The quantitative estimate of drug-likeness (QED) is 0.831. The van der Waals surface area contributed by atoms with E-state index in [0.717, 1.165) is 22.4 Å². The molecule has 4 heteroatoms. The molecule has 4 nitrogen and oxygen atoms in total. The molecule has 0 aliphatic heterocycles. The normalized spacial score (nSPS) is 10.3. The second-order valence-electron chi connectivity index (χ2n) is 6.09. The van der Waals surface area contributed by atoms with E-state index in [1.165, 1.54) is 5.56 Å². The molecule has 2 aromatic rings. The zero-order valence-electron chi connectivity index (χ0n) is 14.7. The number of rotatable bonds is 5. The third kappa shape index (κ3) is 4.69. The largest absolute Gasteiger partial charge is 0.323 e. The minimum atomic E-state index is -0.296. The molecule has 0 unspecified atom stereocenters. The molecule has 0 radical (unpaired) electrons. The van der Waals surface area contributed by atoms with Crippen molar-refractivity contribution < 1.29 is 9.59 Å². The molecule has 24 heavy (non-hydrogen) atoms. The van der Waals surface area contributed by atoms with Crippen molar-refractivity contribution in [1.82, 2.24) is 0 Å². The van der Waals surface area contributed by atoms with Crippen LogP contribution in [0, 0.1) is 20.8 Å². The first-order valence-electron chi connectivity index (χ1n) is 8.15. The van der Waals surface area contributed by atoms with Crippen LogP contribution in [0.15, 0.2) is 36.4 Å². The maximum Gasteiger partial charge on any atom is 0.323 e. The smallest absolute Gasteiger partial charge is 0.308 e. The Kier molecular flexibility index (Phi) is 5.74. The number of benzene rings is 2. The van der Waals surface area contributed by atoms with Crippen LogP contribution >= 0.6 is 0 Å². The van der Waals surface area contributed by atoms with Crippen LogP contribution < -0.4 is 10.6 Å². The lowest BCUT2D eigenvalue weighted by Gasteiger charge is -2.11. The van der Waals surface area contributed by atoms with Gasteiger partial charge in [0, 0.05) is 24.2 Å². The van der Waals surface area contributed by atoms with Gasteiger partial charge in [0.2, 0.25) is 0 Å². The molecule has 2 amide bonds. The lowest BCUT2D eigenvalue weighted by atomic mass is 10.0. The summed E-state index contributed by atoms with van der Waals surface area (Å²) in [4.78, 5) is 23.8. The molecule has 0 bridgehead atoms. The molecule has 126 valence electrons. The fraction of sp³-hybridized carbons (Fsp3) is 0.300. The van der Waals surface area contributed by atoms with Crippen LogP contribution in [0.4, 0.5) is 16.2 Å². The van der Waals surface area contributed by atoms with Crippen LogP contribution in [0.3, 0.4) is 0 Å². The first-order chi connectivity index (χ1) is 11.4. The van der Waals surface area contributed by atoms with E-state index in [1.807, 2.05) is 64.1 Å². The van der Waals surface area contributed by atoms with Gasteiger partial charge in [-0.1, -0.05) is 19.1 Å². The number of Topliss-reactive ketones (excluding diaryl/α,β-unsaturated/α-hetero) is 1. The number of hydrogen-bond acceptors (Lipinski definition) is 2. The Hall–Kier alpha value is -2.62. The highest BCUT2D eigenvalue weighted by Crippen LogP contribution is 2.18. The predicted octanol–water partition coefficient (Wildman–Crippen LogP) is 4.78. The molecular formula is C20H24N2O2. The van der Waals surface area contributed by atoms with Crippen molar-refractivity contribution in [1.29, 1.82) is 0 Å². The van der Waals surface area contributed by atoms with Gasteiger partial charge in [0.15, 0.2) is 0 Å². The van der Waals surface area contributed by atoms with Crippen molar-refractivity contribution in [2.75, 3.05) is 10.6 Å². The summed E-state index contributed by atoms with van der Waals surface area (Å²) in [7, 11) is 0. The van der Waals surface area contributed by atoms with Crippen LogP contribution in [0.2, 0.25) is 0 Å². The van der Waals surface area contributed by atoms with Gasteiger partial charge in [-0.05, 0) is 67.3 Å². The van der Waals surface area contributed by atoms with Crippen LogP contribution in [0.25, 0.3) is 0 Å². The highest BCUT2D eigenvalue weighted by atomic mass is 16.2. The number of carbonyl (C=O) groups is 2. The number of carbonyl (C=O) groups excluding carboxylic acids is 2. The van der Waals surface area contributed by atoms with E-state index in [4.69, 9.17) is 0 Å². The highest BCUT2D eigenvalue weighted by molar-refractivity contribution is 6.00. The number of aryl methyl sites for hydroxylation is 3. The molecule has 0 heterocycles. The summed E-state index contributed by atoms with van der Waals surface area (Å²) < 4.78 is 0. The van der Waals surface area contributed by atoms with Crippen LogP contribution in [-0.4, -0.2) is 11.8 Å². The van der Waals surface area contributed by atoms with Gasteiger partial charge >= 0.3 is 6.03 Å². The molecule has 2 N–H and O–H groups in total. The lowest BCUT2D eigenvalue weighted by Crippen LogP contribution is -2.19. The second-order valence-corrected chi connectivity index (χ2v) is 6.09. The minimum Gasteiger partial charge on any atom is -0.308 e. The Bertz CT molecular complexity index is 766. The molecule has 0 saturated heterocycles. The first kappa shape index (κ1) is 17.7. The number of nitrogens with one attached hydrogen (secondary N) is 2. The summed E-state index contributed by atoms with van der Waals surface area (Å²) in [5, 5.41) is 5.65. The zero-order chi connectivity index (χ0) is 17.7. The second kappa shape index (κ2) is 7.77. The van der Waals surface area contributed by atoms with E-state index in [-0.39, 0.29) is 11.8 Å². The summed E-state index contributed by atoms with van der Waals surface area (Å²) >= 11 is 0. The van der Waals surface area contributed by atoms with E-state index in [9.17, 15) is 9.59 Å². The molecule has 2 rings (SSSR count). The number of amides is 2. The molecular weight excluding hydrogens is 300 g/mol. The standard InChI is InChI=1S/C20H24N2O2/c1-5-19(23)12-16-11-18(9-7-14(16)3)22-20(24)21-17-8-6-13(2)15(4)10-17/h6-11H,5,12H2,1-4H3,(H2,21,22,24). The van der Waals surface area contributed by atoms with Crippen molar-refractivity contribution in [3.8, 4) is 0 Å². The number of ketones is 1. The Labute approximate surface area is 143 Å². The Morgan fingerprint density at radius 3 is 2.00 bits per heavy atom. The zero-order valence-corrected chi connectivity index (χ0v) is 14.7. The average molecular weight is 324 g/mol. The van der Waals surface area contributed by atoms with Gasteiger partial charge in [-0.2, -0.15) is 0 Å². The molecule has 0 aromatic heterocycles. The third-order valence-corrected chi connectivity index (χ3v) is 4.15. The van der Waals surface area contributed by atoms with Gasteiger partial charge in [-0.15, -0.1) is 0 Å². The Balaban J connectivity index is 2.06. The van der Waals surface area contributed by atoms with Crippen LogP contribution in [0.5, 0.6) is 0 Å². The van der Waals surface area contributed by atoms with Gasteiger partial charge in [0.05, 0.1) is 0 Å². The van der Waals surface area contributed by atoms with Crippen LogP contribution in [0.1, 0.15) is 35.6 Å². The Morgan fingerprint density at radius 2 is 1.42 bits per heavy atom. The molecule has 0 atom stereocenters. The van der Waals surface area contributed by atoms with E-state index >= 15 is 0 Å². The maximum atomic E-state index is 12.2. The summed E-state index contributed by atoms with van der Waals surface area (Å²) in [5.74, 6) is 0.190. The fourth-order valence-corrected chi connectivity index (χ4v) is 2.39. The summed E-state index contributed by atoms with van der Waals surface area (Å²) in [6.07, 6.45) is 0.918. The maximum absolute atomic E-state index is 12.2. The molecule has 0 saturated carbocycles. The monoisotopic (exact) mass is 324 g/mol. The third-order valence-electron chi connectivity index (χ3n) is 4.15. The van der Waals surface area contributed by atoms with Crippen LogP contribution in [-0.2, 0) is 11.2 Å². The van der Waals surface area contributed by atoms with E-state index in [0.29, 0.717) is 18.5 Å². The molecule has 0 spiro atoms. The van der Waals surface area contributed by atoms with Crippen molar-refractivity contribution in [2.24, 2.45) is 0 Å². The summed E-state index contributed by atoms with van der Waals surface area (Å²) in [5.41, 5.74) is 5.75. The van der Waals surface area contributed by atoms with Gasteiger partial charge in [0.1, 0.15) is 5.78 Å². The molecule has 0 aliphatic carbocycles. The average Bonchev–Trinajstić information content (AvgIpc) is 2.54. The van der Waals surface area contributed by atoms with Gasteiger partial charge in [0.25, 0.3) is 0 Å². The first-order valence-corrected chi connectivity index (χ1v) is 8.15. The van der Waals surface area contributed by atoms with Crippen molar-refractivity contribution in [3.05, 3.63) is 58.7 Å². The fourth-order valence-electron chi connectivity index (χ4n) is 2.39. The van der Waals surface area contributed by atoms with E-state index in [1.54, 1.807) is 0 Å². The molecule has 2 aromatic carbocycles. The van der Waals surface area contributed by atoms with Gasteiger partial charge < -0.3 is 10.6 Å². The highest BCUT2D eigenvalue weighted by Gasteiger charge is 2.08. The predicted molar refractivity (Wildman–Crippen MR) is 98.7 cm³/mol. The minimum absolute atomic E-state index is 0.190. The van der Waals surface area contributed by atoms with Crippen molar-refractivity contribution in [3.63, 3.8) is 0 Å². The lowest BCUT2D eigenvalue weighted by molar-refractivity contribution is -0.118. The van der Waals surface area contributed by atoms with Crippen molar-refractivity contribution in [2.45, 2.75) is 40.5 Å². The number of anilines is 2. The summed E-state index contributed by atoms with van der Waals surface area (Å²) in [6.45, 7) is 7.87. The number of hydrogen-bond donors (Lipinski definition) is 2. The van der Waals surface area contributed by atoms with Gasteiger partial charge in [-0.25, -0.2) is 4.79 Å². The number of urea groups is 1. The summed E-state index contributed by atoms with van der Waals surface area (Å²) in [6, 6.07) is 11.1.